The van der Waals surface area contributed by atoms with Gasteiger partial charge in [-0.2, -0.15) is 0 Å². The molecule has 5 nitrogen and oxygen atoms in total. The fourth-order valence-electron chi connectivity index (χ4n) is 1.98. The van der Waals surface area contributed by atoms with Crippen molar-refractivity contribution in [3.63, 3.8) is 0 Å². The summed E-state index contributed by atoms with van der Waals surface area (Å²) < 4.78 is 0. The summed E-state index contributed by atoms with van der Waals surface area (Å²) in [5, 5.41) is 11.0. The molecule has 0 saturated heterocycles. The average molecular weight is 285 g/mol. The number of nitro benzene ring substituents is 1. The van der Waals surface area contributed by atoms with Gasteiger partial charge in [-0.25, -0.2) is 0 Å². The number of rotatable bonds is 5. The lowest BCUT2D eigenvalue weighted by atomic mass is 10.1. The van der Waals surface area contributed by atoms with Gasteiger partial charge in [0.05, 0.1) is 15.5 Å². The van der Waals surface area contributed by atoms with Crippen LogP contribution in [0.1, 0.15) is 37.0 Å². The van der Waals surface area contributed by atoms with E-state index in [2.05, 4.69) is 0 Å². The van der Waals surface area contributed by atoms with Crippen molar-refractivity contribution in [2.75, 3.05) is 7.05 Å². The fraction of sp³-hybridized carbons (Fsp3) is 0.462. The molecule has 0 atom stereocenters. The van der Waals surface area contributed by atoms with Gasteiger partial charge in [0.15, 0.2) is 0 Å². The Morgan fingerprint density at radius 3 is 2.47 bits per heavy atom. The van der Waals surface area contributed by atoms with Crippen LogP contribution in [0.2, 0.25) is 5.02 Å². The molecule has 0 aliphatic rings. The number of hydrogen-bond acceptors (Lipinski definition) is 3. The smallest absolute Gasteiger partial charge is 0.270 e. The Morgan fingerprint density at radius 2 is 2.00 bits per heavy atom. The SMILES string of the molecule is CCC(CC)N(C)C(=O)c1cc([N+](=O)[O-])ccc1Cl. The van der Waals surface area contributed by atoms with Crippen LogP contribution in [0.4, 0.5) is 5.69 Å². The van der Waals surface area contributed by atoms with Crippen molar-refractivity contribution in [3.05, 3.63) is 38.9 Å². The quantitative estimate of drug-likeness (QED) is 0.614. The second kappa shape index (κ2) is 6.52. The molecule has 0 saturated carbocycles. The van der Waals surface area contributed by atoms with E-state index >= 15 is 0 Å². The molecule has 104 valence electrons. The van der Waals surface area contributed by atoms with E-state index in [4.69, 9.17) is 11.6 Å². The number of nitro groups is 1. The van der Waals surface area contributed by atoms with Crippen molar-refractivity contribution in [1.82, 2.24) is 4.90 Å². The third kappa shape index (κ3) is 3.44. The highest BCUT2D eigenvalue weighted by Gasteiger charge is 2.22. The fourth-order valence-corrected chi connectivity index (χ4v) is 2.18. The Hall–Kier alpha value is -1.62. The molecule has 0 spiro atoms. The summed E-state index contributed by atoms with van der Waals surface area (Å²) in [5.41, 5.74) is 0.0379. The number of hydrogen-bond donors (Lipinski definition) is 0. The lowest BCUT2D eigenvalue weighted by Gasteiger charge is -2.26. The molecular formula is C13H17ClN2O3. The summed E-state index contributed by atoms with van der Waals surface area (Å²) in [4.78, 5) is 24.1. The van der Waals surface area contributed by atoms with Crippen LogP contribution in [0.5, 0.6) is 0 Å². The van der Waals surface area contributed by atoms with E-state index in [9.17, 15) is 14.9 Å². The lowest BCUT2D eigenvalue weighted by Crippen LogP contribution is -2.36. The van der Waals surface area contributed by atoms with E-state index in [1.165, 1.54) is 18.2 Å². The maximum Gasteiger partial charge on any atom is 0.270 e. The maximum absolute atomic E-state index is 12.3. The first-order chi connectivity index (χ1) is 8.92. The molecule has 0 bridgehead atoms. The predicted octanol–water partition coefficient (Wildman–Crippen LogP) is 3.51. The van der Waals surface area contributed by atoms with Gasteiger partial charge in [-0.05, 0) is 18.9 Å². The van der Waals surface area contributed by atoms with Crippen molar-refractivity contribution in [2.45, 2.75) is 32.7 Å². The molecule has 19 heavy (non-hydrogen) atoms. The Balaban J connectivity index is 3.11. The predicted molar refractivity (Wildman–Crippen MR) is 74.6 cm³/mol. The maximum atomic E-state index is 12.3. The monoisotopic (exact) mass is 284 g/mol. The van der Waals surface area contributed by atoms with Crippen molar-refractivity contribution in [1.29, 1.82) is 0 Å². The van der Waals surface area contributed by atoms with Crippen LogP contribution in [0, 0.1) is 10.1 Å². The molecule has 1 rings (SSSR count). The second-order valence-corrected chi connectivity index (χ2v) is 4.71. The molecule has 1 amide bonds. The van der Waals surface area contributed by atoms with Gasteiger partial charge in [-0.1, -0.05) is 25.4 Å². The van der Waals surface area contributed by atoms with E-state index in [-0.39, 0.29) is 28.2 Å². The van der Waals surface area contributed by atoms with Crippen LogP contribution < -0.4 is 0 Å². The largest absolute Gasteiger partial charge is 0.339 e. The van der Waals surface area contributed by atoms with Crippen molar-refractivity contribution in [3.8, 4) is 0 Å². The van der Waals surface area contributed by atoms with Crippen molar-refractivity contribution in [2.24, 2.45) is 0 Å². The van der Waals surface area contributed by atoms with Gasteiger partial charge >= 0.3 is 0 Å². The minimum atomic E-state index is -0.537. The number of halogens is 1. The van der Waals surface area contributed by atoms with Gasteiger partial charge in [0.2, 0.25) is 0 Å². The number of carbonyl (C=O) groups is 1. The van der Waals surface area contributed by atoms with Gasteiger partial charge in [-0.3, -0.25) is 14.9 Å². The summed E-state index contributed by atoms with van der Waals surface area (Å²) in [6.45, 7) is 3.99. The lowest BCUT2D eigenvalue weighted by molar-refractivity contribution is -0.384. The highest BCUT2D eigenvalue weighted by atomic mass is 35.5. The molecule has 0 fully saturated rings. The van der Waals surface area contributed by atoms with E-state index in [0.29, 0.717) is 0 Å². The Morgan fingerprint density at radius 1 is 1.42 bits per heavy atom. The summed E-state index contributed by atoms with van der Waals surface area (Å²) in [7, 11) is 1.69. The molecule has 0 aliphatic heterocycles. The summed E-state index contributed by atoms with van der Waals surface area (Å²) >= 11 is 5.96. The van der Waals surface area contributed by atoms with E-state index < -0.39 is 4.92 Å². The topological polar surface area (TPSA) is 63.5 Å². The van der Waals surface area contributed by atoms with Crippen LogP contribution in [0.25, 0.3) is 0 Å². The number of carbonyl (C=O) groups excluding carboxylic acids is 1. The number of amides is 1. The Kier molecular flexibility index (Phi) is 5.30. The first kappa shape index (κ1) is 15.4. The Bertz CT molecular complexity index is 487. The number of non-ortho nitro benzene ring substituents is 1. The molecule has 0 aliphatic carbocycles. The zero-order chi connectivity index (χ0) is 14.6. The van der Waals surface area contributed by atoms with Crippen molar-refractivity contribution >= 4 is 23.2 Å². The third-order valence-corrected chi connectivity index (χ3v) is 3.53. The van der Waals surface area contributed by atoms with Gasteiger partial charge in [0.25, 0.3) is 11.6 Å². The summed E-state index contributed by atoms with van der Waals surface area (Å²) in [6, 6.07) is 4.00. The van der Waals surface area contributed by atoms with Crippen LogP contribution in [-0.4, -0.2) is 28.8 Å². The van der Waals surface area contributed by atoms with Gasteiger partial charge in [0, 0.05) is 25.2 Å². The zero-order valence-electron chi connectivity index (χ0n) is 11.2. The second-order valence-electron chi connectivity index (χ2n) is 4.31. The van der Waals surface area contributed by atoms with Crippen LogP contribution in [0.15, 0.2) is 18.2 Å². The molecule has 0 unspecified atom stereocenters. The standard InChI is InChI=1S/C13H17ClN2O3/c1-4-9(5-2)15(3)13(17)11-8-10(16(18)19)6-7-12(11)14/h6-9H,4-5H2,1-3H3. The molecule has 0 aromatic heterocycles. The molecule has 1 aromatic rings. The van der Waals surface area contributed by atoms with E-state index in [0.717, 1.165) is 12.8 Å². The first-order valence-electron chi connectivity index (χ1n) is 6.13. The van der Waals surface area contributed by atoms with Gasteiger partial charge in [0.1, 0.15) is 0 Å². The summed E-state index contributed by atoms with van der Waals surface area (Å²) in [5.74, 6) is -0.289. The van der Waals surface area contributed by atoms with Crippen LogP contribution >= 0.6 is 11.6 Å². The Labute approximate surface area is 117 Å². The first-order valence-corrected chi connectivity index (χ1v) is 6.51. The molecular weight excluding hydrogens is 268 g/mol. The van der Waals surface area contributed by atoms with E-state index in [1.54, 1.807) is 11.9 Å². The minimum absolute atomic E-state index is 0.0998. The highest BCUT2D eigenvalue weighted by Crippen LogP contribution is 2.24. The van der Waals surface area contributed by atoms with Crippen LogP contribution in [-0.2, 0) is 0 Å². The van der Waals surface area contributed by atoms with Gasteiger partial charge < -0.3 is 4.90 Å². The number of nitrogens with zero attached hydrogens (tertiary/aromatic N) is 2. The normalized spacial score (nSPS) is 10.6. The highest BCUT2D eigenvalue weighted by molar-refractivity contribution is 6.33. The third-order valence-electron chi connectivity index (χ3n) is 3.20. The van der Waals surface area contributed by atoms with Crippen LogP contribution in [0.3, 0.4) is 0 Å². The molecule has 6 heteroatoms. The molecule has 0 heterocycles. The van der Waals surface area contributed by atoms with Gasteiger partial charge in [-0.15, -0.1) is 0 Å². The zero-order valence-corrected chi connectivity index (χ0v) is 12.0. The van der Waals surface area contributed by atoms with E-state index in [1.807, 2.05) is 13.8 Å². The minimum Gasteiger partial charge on any atom is -0.339 e. The number of benzene rings is 1. The van der Waals surface area contributed by atoms with Crippen molar-refractivity contribution < 1.29 is 9.72 Å². The molecule has 0 N–H and O–H groups in total. The molecule has 1 aromatic carbocycles. The average Bonchev–Trinajstić information content (AvgIpc) is 2.39. The molecule has 0 radical (unpaired) electrons. The summed E-state index contributed by atoms with van der Waals surface area (Å²) in [6.07, 6.45) is 1.65.